The zero-order valence-electron chi connectivity index (χ0n) is 22.7. The number of amides is 2. The van der Waals surface area contributed by atoms with Gasteiger partial charge in [0.2, 0.25) is 0 Å². The maximum atomic E-state index is 13.4. The van der Waals surface area contributed by atoms with Crippen molar-refractivity contribution in [3.63, 3.8) is 0 Å². The smallest absolute Gasteiger partial charge is 0.264 e. The molecule has 0 atom stereocenters. The lowest BCUT2D eigenvalue weighted by atomic mass is 10.2. The van der Waals surface area contributed by atoms with E-state index in [0.717, 1.165) is 4.31 Å². The van der Waals surface area contributed by atoms with Crippen LogP contribution in [0.4, 0.5) is 11.4 Å². The standard InChI is InChI=1S/C30H26Cl2N4O6S/c1-41-26-13-9-24(10-14-26)34-30(38)20-42-27-11-5-21(6-12-27)18-33-35-29(37)19-36(25-4-2-3-23(32)17-25)43(39,40)28-15-7-22(31)8-16-28/h2-18H,19-20H2,1H3,(H,34,38)(H,35,37)/b33-18-. The Morgan fingerprint density at radius 2 is 1.53 bits per heavy atom. The van der Waals surface area contributed by atoms with E-state index < -0.39 is 22.5 Å². The van der Waals surface area contributed by atoms with Crippen LogP contribution < -0.4 is 24.5 Å². The lowest BCUT2D eigenvalue weighted by Crippen LogP contribution is -2.39. The number of carbonyl (C=O) groups is 2. The van der Waals surface area contributed by atoms with Crippen LogP contribution in [0.2, 0.25) is 10.0 Å². The van der Waals surface area contributed by atoms with Gasteiger partial charge in [-0.2, -0.15) is 5.10 Å². The minimum Gasteiger partial charge on any atom is -0.497 e. The molecule has 0 radical (unpaired) electrons. The first-order valence-electron chi connectivity index (χ1n) is 12.7. The number of carbonyl (C=O) groups excluding carboxylic acids is 2. The Morgan fingerprint density at radius 3 is 2.19 bits per heavy atom. The van der Waals surface area contributed by atoms with Crippen molar-refractivity contribution in [3.05, 3.63) is 113 Å². The molecule has 13 heteroatoms. The molecule has 0 bridgehead atoms. The summed E-state index contributed by atoms with van der Waals surface area (Å²) in [5.74, 6) is 0.120. The summed E-state index contributed by atoms with van der Waals surface area (Å²) >= 11 is 12.0. The van der Waals surface area contributed by atoms with Gasteiger partial charge < -0.3 is 14.8 Å². The minimum absolute atomic E-state index is 0.0475. The number of ether oxygens (including phenoxy) is 2. The van der Waals surface area contributed by atoms with Crippen LogP contribution in [0.3, 0.4) is 0 Å². The first-order chi connectivity index (χ1) is 20.6. The van der Waals surface area contributed by atoms with Crippen LogP contribution >= 0.6 is 23.2 Å². The van der Waals surface area contributed by atoms with Gasteiger partial charge in [-0.05, 0) is 96.6 Å². The van der Waals surface area contributed by atoms with Crippen LogP contribution in [0.5, 0.6) is 11.5 Å². The van der Waals surface area contributed by atoms with Crippen LogP contribution in [0, 0.1) is 0 Å². The molecule has 10 nitrogen and oxygen atoms in total. The third kappa shape index (κ3) is 8.95. The van der Waals surface area contributed by atoms with Gasteiger partial charge in [0, 0.05) is 15.7 Å². The number of hydrogen-bond acceptors (Lipinski definition) is 7. The molecule has 0 fully saturated rings. The van der Waals surface area contributed by atoms with E-state index >= 15 is 0 Å². The molecule has 0 spiro atoms. The number of nitrogens with one attached hydrogen (secondary N) is 2. The van der Waals surface area contributed by atoms with Crippen molar-refractivity contribution in [3.8, 4) is 11.5 Å². The Bertz CT molecular complexity index is 1700. The lowest BCUT2D eigenvalue weighted by molar-refractivity contribution is -0.119. The Kier molecular flexibility index (Phi) is 10.6. The molecule has 0 aliphatic rings. The Morgan fingerprint density at radius 1 is 0.860 bits per heavy atom. The van der Waals surface area contributed by atoms with Crippen molar-refractivity contribution in [2.24, 2.45) is 5.10 Å². The number of hydrogen-bond donors (Lipinski definition) is 2. The van der Waals surface area contributed by atoms with Gasteiger partial charge >= 0.3 is 0 Å². The van der Waals surface area contributed by atoms with E-state index in [0.29, 0.717) is 32.8 Å². The SMILES string of the molecule is COc1ccc(NC(=O)COc2ccc(/C=N\NC(=O)CN(c3cccc(Cl)c3)S(=O)(=O)c3ccc(Cl)cc3)cc2)cc1. The highest BCUT2D eigenvalue weighted by molar-refractivity contribution is 7.92. The second kappa shape index (κ2) is 14.5. The number of hydrazone groups is 1. The molecule has 0 saturated heterocycles. The maximum Gasteiger partial charge on any atom is 0.264 e. The predicted molar refractivity (Wildman–Crippen MR) is 167 cm³/mol. The quantitative estimate of drug-likeness (QED) is 0.158. The number of nitrogens with zero attached hydrogens (tertiary/aromatic N) is 2. The molecule has 0 saturated carbocycles. The van der Waals surface area contributed by atoms with E-state index in [4.69, 9.17) is 32.7 Å². The van der Waals surface area contributed by atoms with Gasteiger partial charge in [-0.1, -0.05) is 29.3 Å². The Labute approximate surface area is 258 Å². The third-order valence-corrected chi connectivity index (χ3v) is 8.09. The molecule has 0 aliphatic carbocycles. The first kappa shape index (κ1) is 31.4. The van der Waals surface area contributed by atoms with E-state index in [2.05, 4.69) is 15.8 Å². The molecule has 0 unspecified atom stereocenters. The highest BCUT2D eigenvalue weighted by Gasteiger charge is 2.27. The van der Waals surface area contributed by atoms with Gasteiger partial charge in [-0.15, -0.1) is 0 Å². The van der Waals surface area contributed by atoms with E-state index in [1.807, 2.05) is 0 Å². The molecule has 222 valence electrons. The topological polar surface area (TPSA) is 126 Å². The number of methoxy groups -OCH3 is 1. The van der Waals surface area contributed by atoms with Crippen molar-refractivity contribution >= 4 is 62.6 Å². The van der Waals surface area contributed by atoms with Crippen molar-refractivity contribution < 1.29 is 27.5 Å². The highest BCUT2D eigenvalue weighted by atomic mass is 35.5. The summed E-state index contributed by atoms with van der Waals surface area (Å²) in [7, 11) is -2.58. The van der Waals surface area contributed by atoms with Gasteiger partial charge in [0.15, 0.2) is 6.61 Å². The highest BCUT2D eigenvalue weighted by Crippen LogP contribution is 2.27. The van der Waals surface area contributed by atoms with E-state index in [9.17, 15) is 18.0 Å². The molecule has 0 aromatic heterocycles. The van der Waals surface area contributed by atoms with Gasteiger partial charge in [0.25, 0.3) is 21.8 Å². The summed E-state index contributed by atoms with van der Waals surface area (Å²) in [4.78, 5) is 24.9. The third-order valence-electron chi connectivity index (χ3n) is 5.81. The van der Waals surface area contributed by atoms with Gasteiger partial charge in [0.05, 0.1) is 23.9 Å². The number of rotatable bonds is 12. The number of sulfonamides is 1. The minimum atomic E-state index is -4.14. The Balaban J connectivity index is 1.33. The molecule has 0 aliphatic heterocycles. The van der Waals surface area contributed by atoms with Crippen molar-refractivity contribution in [1.29, 1.82) is 0 Å². The molecule has 4 aromatic rings. The molecular weight excluding hydrogens is 615 g/mol. The summed E-state index contributed by atoms with van der Waals surface area (Å²) in [5.41, 5.74) is 3.78. The lowest BCUT2D eigenvalue weighted by Gasteiger charge is -2.23. The fourth-order valence-electron chi connectivity index (χ4n) is 3.70. The number of benzene rings is 4. The molecule has 4 rings (SSSR count). The van der Waals surface area contributed by atoms with Crippen LogP contribution in [0.1, 0.15) is 5.56 Å². The fraction of sp³-hybridized carbons (Fsp3) is 0.100. The van der Waals surface area contributed by atoms with Crippen LogP contribution in [-0.2, 0) is 19.6 Å². The monoisotopic (exact) mass is 640 g/mol. The first-order valence-corrected chi connectivity index (χ1v) is 14.9. The zero-order valence-corrected chi connectivity index (χ0v) is 25.1. The van der Waals surface area contributed by atoms with Crippen molar-refractivity contribution in [2.75, 3.05) is 29.9 Å². The maximum absolute atomic E-state index is 13.4. The van der Waals surface area contributed by atoms with Crippen LogP contribution in [-0.4, -0.2) is 46.7 Å². The Hall–Kier alpha value is -4.58. The fourth-order valence-corrected chi connectivity index (χ4v) is 5.42. The zero-order chi connectivity index (χ0) is 30.8. The molecular formula is C30H26Cl2N4O6S. The predicted octanol–water partition coefficient (Wildman–Crippen LogP) is 5.37. The van der Waals surface area contributed by atoms with Crippen LogP contribution in [0.25, 0.3) is 0 Å². The van der Waals surface area contributed by atoms with Gasteiger partial charge in [-0.25, -0.2) is 13.8 Å². The van der Waals surface area contributed by atoms with Crippen molar-refractivity contribution in [1.82, 2.24) is 5.43 Å². The van der Waals surface area contributed by atoms with E-state index in [1.165, 1.54) is 42.6 Å². The van der Waals surface area contributed by atoms with Crippen LogP contribution in [0.15, 0.2) is 107 Å². The molecule has 0 heterocycles. The van der Waals surface area contributed by atoms with Gasteiger partial charge in [-0.3, -0.25) is 13.9 Å². The average Bonchev–Trinajstić information content (AvgIpc) is 3.00. The summed E-state index contributed by atoms with van der Waals surface area (Å²) in [6.07, 6.45) is 1.38. The molecule has 2 N–H and O–H groups in total. The van der Waals surface area contributed by atoms with E-state index in [1.54, 1.807) is 67.8 Å². The second-order valence-electron chi connectivity index (χ2n) is 8.87. The average molecular weight is 642 g/mol. The molecule has 4 aromatic carbocycles. The summed E-state index contributed by atoms with van der Waals surface area (Å²) in [5, 5.41) is 7.33. The van der Waals surface area contributed by atoms with E-state index in [-0.39, 0.29) is 23.1 Å². The second-order valence-corrected chi connectivity index (χ2v) is 11.6. The number of halogens is 2. The summed E-state index contributed by atoms with van der Waals surface area (Å²) < 4.78 is 38.4. The molecule has 2 amide bonds. The molecule has 43 heavy (non-hydrogen) atoms. The summed E-state index contributed by atoms with van der Waals surface area (Å²) in [6.45, 7) is -0.758. The summed E-state index contributed by atoms with van der Waals surface area (Å²) in [6, 6.07) is 25.3. The number of anilines is 2. The normalized spacial score (nSPS) is 11.1. The largest absolute Gasteiger partial charge is 0.497 e. The van der Waals surface area contributed by atoms with Crippen molar-refractivity contribution in [2.45, 2.75) is 4.90 Å². The van der Waals surface area contributed by atoms with Gasteiger partial charge in [0.1, 0.15) is 18.0 Å².